The van der Waals surface area contributed by atoms with Crippen molar-refractivity contribution in [2.75, 3.05) is 6.54 Å². The van der Waals surface area contributed by atoms with Gasteiger partial charge in [0.25, 0.3) is 5.91 Å². The lowest BCUT2D eigenvalue weighted by Crippen LogP contribution is -2.53. The van der Waals surface area contributed by atoms with E-state index in [-0.39, 0.29) is 30.4 Å². The van der Waals surface area contributed by atoms with Gasteiger partial charge in [0.2, 0.25) is 11.8 Å². The highest BCUT2D eigenvalue weighted by molar-refractivity contribution is 6.01. The summed E-state index contributed by atoms with van der Waals surface area (Å²) in [6.45, 7) is 6.62. The standard InChI is InChI=1S/C35H43N7O5/c1-4-5-8-19-42(22-25-11-15-26(16-12-25)28-9-6-7-10-29(28)32-37-40-41-38-32)35(46)31(21-24-13-17-27(43)18-14-24)36-33(44)30(20-23(2)3)34(45)39-47/h6-7,9-18,23,30-31,43,47H,4-5,8,19-22H2,1-3H3,(H,36,44)(H,39,45)(H,37,38,40,41)/t30?,31-/m0/s1. The molecule has 0 saturated carbocycles. The topological polar surface area (TPSA) is 173 Å². The van der Waals surface area contributed by atoms with Crippen molar-refractivity contribution in [1.29, 1.82) is 0 Å². The third-order valence-corrected chi connectivity index (χ3v) is 7.95. The molecule has 1 heterocycles. The molecule has 1 unspecified atom stereocenters. The number of aromatic hydroxyl groups is 1. The minimum Gasteiger partial charge on any atom is -0.508 e. The number of benzene rings is 3. The zero-order chi connectivity index (χ0) is 33.8. The Morgan fingerprint density at radius 2 is 1.57 bits per heavy atom. The molecule has 0 bridgehead atoms. The van der Waals surface area contributed by atoms with Gasteiger partial charge in [-0.15, -0.1) is 5.10 Å². The number of nitrogens with zero attached hydrogens (tertiary/aromatic N) is 4. The Morgan fingerprint density at radius 1 is 0.894 bits per heavy atom. The monoisotopic (exact) mass is 641 g/mol. The van der Waals surface area contributed by atoms with Crippen LogP contribution in [0.15, 0.2) is 72.8 Å². The van der Waals surface area contributed by atoms with Crippen LogP contribution in [0.25, 0.3) is 22.5 Å². The number of nitrogens with one attached hydrogen (secondary N) is 3. The number of rotatable bonds is 16. The van der Waals surface area contributed by atoms with E-state index in [1.807, 2.05) is 62.4 Å². The number of H-pyrrole nitrogens is 1. The van der Waals surface area contributed by atoms with Crippen LogP contribution >= 0.6 is 0 Å². The highest BCUT2D eigenvalue weighted by Gasteiger charge is 2.33. The molecule has 0 radical (unpaired) electrons. The first-order valence-electron chi connectivity index (χ1n) is 15.9. The lowest BCUT2D eigenvalue weighted by molar-refractivity contribution is -0.144. The summed E-state index contributed by atoms with van der Waals surface area (Å²) in [5.41, 5.74) is 6.00. The molecule has 3 aromatic carbocycles. The Kier molecular flexibility index (Phi) is 12.6. The molecule has 0 saturated heterocycles. The van der Waals surface area contributed by atoms with E-state index >= 15 is 0 Å². The van der Waals surface area contributed by atoms with Crippen LogP contribution in [0.5, 0.6) is 5.75 Å². The summed E-state index contributed by atoms with van der Waals surface area (Å²) >= 11 is 0. The van der Waals surface area contributed by atoms with Gasteiger partial charge in [-0.3, -0.25) is 19.6 Å². The van der Waals surface area contributed by atoms with E-state index in [9.17, 15) is 24.7 Å². The number of hydroxylamine groups is 1. The largest absolute Gasteiger partial charge is 0.508 e. The third kappa shape index (κ3) is 9.69. The number of phenolic OH excluding ortho intramolecular Hbond substituents is 1. The van der Waals surface area contributed by atoms with E-state index < -0.39 is 23.8 Å². The minimum absolute atomic E-state index is 0.0119. The third-order valence-electron chi connectivity index (χ3n) is 7.95. The fraction of sp³-hybridized carbons (Fsp3) is 0.371. The normalized spacial score (nSPS) is 12.4. The van der Waals surface area contributed by atoms with E-state index in [4.69, 9.17) is 0 Å². The number of carbonyl (C=O) groups excluding carboxylic acids is 3. The predicted octanol–water partition coefficient (Wildman–Crippen LogP) is 4.65. The second kappa shape index (κ2) is 17.0. The number of tetrazole rings is 1. The van der Waals surface area contributed by atoms with Crippen molar-refractivity contribution in [3.63, 3.8) is 0 Å². The lowest BCUT2D eigenvalue weighted by Gasteiger charge is -2.29. The Hall–Kier alpha value is -5.10. The predicted molar refractivity (Wildman–Crippen MR) is 177 cm³/mol. The van der Waals surface area contributed by atoms with Crippen molar-refractivity contribution in [3.05, 3.63) is 83.9 Å². The van der Waals surface area contributed by atoms with Crippen molar-refractivity contribution in [3.8, 4) is 28.3 Å². The van der Waals surface area contributed by atoms with Gasteiger partial charge in [0.05, 0.1) is 0 Å². The first-order chi connectivity index (χ1) is 22.7. The van der Waals surface area contributed by atoms with Gasteiger partial charge in [-0.1, -0.05) is 94.3 Å². The molecule has 0 aliphatic heterocycles. The molecule has 12 heteroatoms. The molecule has 2 atom stereocenters. The maximum Gasteiger partial charge on any atom is 0.255 e. The van der Waals surface area contributed by atoms with Crippen LogP contribution in [-0.2, 0) is 27.3 Å². The molecule has 47 heavy (non-hydrogen) atoms. The quantitative estimate of drug-likeness (QED) is 0.0509. The number of aromatic nitrogens is 4. The smallest absolute Gasteiger partial charge is 0.255 e. The number of carbonyl (C=O) groups is 3. The second-order valence-corrected chi connectivity index (χ2v) is 12.0. The molecule has 0 aliphatic rings. The summed E-state index contributed by atoms with van der Waals surface area (Å²) in [6.07, 6.45) is 3.02. The van der Waals surface area contributed by atoms with Gasteiger partial charge in [-0.2, -0.15) is 0 Å². The first kappa shape index (κ1) is 34.8. The SMILES string of the molecule is CCCCCN(Cc1ccc(-c2ccccc2-c2nnn[nH]2)cc1)C(=O)[C@H](Cc1ccc(O)cc1)NC(=O)C(CC(C)C)C(=O)NO. The molecule has 5 N–H and O–H groups in total. The lowest BCUT2D eigenvalue weighted by atomic mass is 9.94. The molecule has 0 fully saturated rings. The summed E-state index contributed by atoms with van der Waals surface area (Å²) in [5, 5.41) is 36.2. The van der Waals surface area contributed by atoms with E-state index in [1.54, 1.807) is 22.5 Å². The maximum absolute atomic E-state index is 14.3. The Morgan fingerprint density at radius 3 is 2.19 bits per heavy atom. The first-order valence-corrected chi connectivity index (χ1v) is 15.9. The summed E-state index contributed by atoms with van der Waals surface area (Å²) in [4.78, 5) is 41.9. The number of unbranched alkanes of at least 4 members (excludes halogenated alkanes) is 2. The van der Waals surface area contributed by atoms with Crippen LogP contribution in [0, 0.1) is 11.8 Å². The maximum atomic E-state index is 14.3. The fourth-order valence-corrected chi connectivity index (χ4v) is 5.49. The highest BCUT2D eigenvalue weighted by atomic mass is 16.5. The van der Waals surface area contributed by atoms with Gasteiger partial charge in [0.1, 0.15) is 17.7 Å². The van der Waals surface area contributed by atoms with Crippen LogP contribution in [-0.4, -0.2) is 66.1 Å². The zero-order valence-corrected chi connectivity index (χ0v) is 27.0. The van der Waals surface area contributed by atoms with Crippen LogP contribution in [0.4, 0.5) is 0 Å². The van der Waals surface area contributed by atoms with Crippen LogP contribution in [0.2, 0.25) is 0 Å². The summed E-state index contributed by atoms with van der Waals surface area (Å²) in [7, 11) is 0. The number of hydrogen-bond acceptors (Lipinski definition) is 8. The Bertz CT molecular complexity index is 1590. The van der Waals surface area contributed by atoms with E-state index in [0.29, 0.717) is 18.9 Å². The van der Waals surface area contributed by atoms with Gasteiger partial charge < -0.3 is 15.3 Å². The van der Waals surface area contributed by atoms with Crippen LogP contribution in [0.3, 0.4) is 0 Å². The van der Waals surface area contributed by atoms with Gasteiger partial charge in [0, 0.05) is 25.1 Å². The summed E-state index contributed by atoms with van der Waals surface area (Å²) in [5.74, 6) is -2.29. The average Bonchev–Trinajstić information content (AvgIpc) is 3.62. The average molecular weight is 642 g/mol. The van der Waals surface area contributed by atoms with Gasteiger partial charge >= 0.3 is 0 Å². The number of hydrogen-bond donors (Lipinski definition) is 5. The second-order valence-electron chi connectivity index (χ2n) is 12.0. The molecule has 0 spiro atoms. The van der Waals surface area contributed by atoms with Crippen LogP contribution < -0.4 is 10.8 Å². The number of aromatic amines is 1. The van der Waals surface area contributed by atoms with Gasteiger partial charge in [-0.25, -0.2) is 10.6 Å². The summed E-state index contributed by atoms with van der Waals surface area (Å²) in [6, 6.07) is 21.2. The van der Waals surface area contributed by atoms with E-state index in [0.717, 1.165) is 47.1 Å². The van der Waals surface area contributed by atoms with Gasteiger partial charge in [0.15, 0.2) is 5.82 Å². The molecule has 4 aromatic rings. The Labute approximate surface area is 274 Å². The molecule has 0 aliphatic carbocycles. The van der Waals surface area contributed by atoms with Crippen molar-refractivity contribution in [1.82, 2.24) is 36.3 Å². The summed E-state index contributed by atoms with van der Waals surface area (Å²) < 4.78 is 0. The molecular weight excluding hydrogens is 598 g/mol. The van der Waals surface area contributed by atoms with Crippen molar-refractivity contribution in [2.45, 2.75) is 65.5 Å². The molecule has 3 amide bonds. The minimum atomic E-state index is -1.17. The van der Waals surface area contributed by atoms with Crippen molar-refractivity contribution < 1.29 is 24.7 Å². The van der Waals surface area contributed by atoms with Crippen molar-refractivity contribution >= 4 is 17.7 Å². The number of amides is 3. The zero-order valence-electron chi connectivity index (χ0n) is 27.0. The fourth-order valence-electron chi connectivity index (χ4n) is 5.49. The molecular formula is C35H43N7O5. The molecule has 4 rings (SSSR count). The van der Waals surface area contributed by atoms with Gasteiger partial charge in [-0.05, 0) is 63.6 Å². The molecule has 12 nitrogen and oxygen atoms in total. The Balaban J connectivity index is 1.61. The van der Waals surface area contributed by atoms with Crippen molar-refractivity contribution in [2.24, 2.45) is 11.8 Å². The van der Waals surface area contributed by atoms with Crippen LogP contribution in [0.1, 0.15) is 57.6 Å². The molecule has 1 aromatic heterocycles. The van der Waals surface area contributed by atoms with E-state index in [2.05, 4.69) is 32.9 Å². The molecule has 248 valence electrons. The number of phenols is 1. The highest BCUT2D eigenvalue weighted by Crippen LogP contribution is 2.30. The van der Waals surface area contributed by atoms with E-state index in [1.165, 1.54) is 12.1 Å².